The first-order valence-electron chi connectivity index (χ1n) is 8.08. The molecule has 134 valence electrons. The second-order valence-corrected chi connectivity index (χ2v) is 7.44. The van der Waals surface area contributed by atoms with Gasteiger partial charge in [0, 0.05) is 21.2 Å². The number of nitrogens with one attached hydrogen (secondary N) is 1. The van der Waals surface area contributed by atoms with Gasteiger partial charge in [0.25, 0.3) is 5.91 Å². The number of aromatic nitrogens is 1. The van der Waals surface area contributed by atoms with Gasteiger partial charge in [-0.2, -0.15) is 0 Å². The highest BCUT2D eigenvalue weighted by Crippen LogP contribution is 2.25. The van der Waals surface area contributed by atoms with E-state index in [1.165, 1.54) is 11.3 Å². The van der Waals surface area contributed by atoms with E-state index in [-0.39, 0.29) is 5.91 Å². The van der Waals surface area contributed by atoms with E-state index >= 15 is 0 Å². The van der Waals surface area contributed by atoms with Crippen molar-refractivity contribution in [2.24, 2.45) is 0 Å². The maximum Gasteiger partial charge on any atom is 0.345 e. The normalized spacial score (nSPS) is 10.9. The maximum absolute atomic E-state index is 12.4. The smallest absolute Gasteiger partial charge is 0.345 e. The molecule has 0 radical (unpaired) electrons. The molecule has 0 aliphatic rings. The zero-order chi connectivity index (χ0) is 18.8. The highest BCUT2D eigenvalue weighted by Gasteiger charge is 2.13. The first kappa shape index (κ1) is 17.5. The minimum absolute atomic E-state index is 0.242. The van der Waals surface area contributed by atoms with Crippen LogP contribution in [0, 0.1) is 0 Å². The molecule has 1 amide bonds. The molecular weight excluding hydrogens is 380 g/mol. The van der Waals surface area contributed by atoms with Gasteiger partial charge in [0.15, 0.2) is 5.13 Å². The fourth-order valence-electron chi connectivity index (χ4n) is 2.61. The molecule has 2 aromatic heterocycles. The number of benzene rings is 2. The Kier molecular flexibility index (Phi) is 4.79. The van der Waals surface area contributed by atoms with Crippen LogP contribution in [0.3, 0.4) is 0 Å². The van der Waals surface area contributed by atoms with Crippen LogP contribution >= 0.6 is 23.1 Å². The van der Waals surface area contributed by atoms with Gasteiger partial charge in [-0.25, -0.2) is 9.78 Å². The molecule has 0 saturated carbocycles. The lowest BCUT2D eigenvalue weighted by Gasteiger charge is -2.03. The first-order chi connectivity index (χ1) is 13.1. The minimum Gasteiger partial charge on any atom is -0.422 e. The van der Waals surface area contributed by atoms with E-state index in [2.05, 4.69) is 10.3 Å². The number of thioether (sulfide) groups is 1. The van der Waals surface area contributed by atoms with Crippen molar-refractivity contribution in [3.8, 4) is 11.3 Å². The molecule has 4 rings (SSSR count). The Morgan fingerprint density at radius 2 is 1.93 bits per heavy atom. The van der Waals surface area contributed by atoms with E-state index < -0.39 is 5.63 Å². The summed E-state index contributed by atoms with van der Waals surface area (Å²) in [5.74, 6) is -0.242. The zero-order valence-corrected chi connectivity index (χ0v) is 15.9. The van der Waals surface area contributed by atoms with Crippen molar-refractivity contribution in [2.75, 3.05) is 11.6 Å². The molecule has 27 heavy (non-hydrogen) atoms. The van der Waals surface area contributed by atoms with Crippen molar-refractivity contribution in [3.05, 3.63) is 76.0 Å². The molecule has 4 aromatic rings. The summed E-state index contributed by atoms with van der Waals surface area (Å²) in [7, 11) is 0. The molecule has 0 aliphatic heterocycles. The molecule has 0 saturated heterocycles. The van der Waals surface area contributed by atoms with E-state index in [0.29, 0.717) is 27.5 Å². The number of para-hydroxylation sites is 1. The van der Waals surface area contributed by atoms with Gasteiger partial charge in [-0.15, -0.1) is 23.1 Å². The van der Waals surface area contributed by atoms with Crippen LogP contribution in [0.25, 0.3) is 22.2 Å². The summed E-state index contributed by atoms with van der Waals surface area (Å²) in [6, 6.07) is 16.4. The number of amides is 1. The Balaban J connectivity index is 1.59. The third-order valence-electron chi connectivity index (χ3n) is 3.99. The number of nitrogens with zero attached hydrogens (tertiary/aromatic N) is 1. The van der Waals surface area contributed by atoms with Crippen LogP contribution in [0.2, 0.25) is 0 Å². The Morgan fingerprint density at radius 1 is 1.15 bits per heavy atom. The van der Waals surface area contributed by atoms with E-state index in [0.717, 1.165) is 10.3 Å². The lowest BCUT2D eigenvalue weighted by molar-refractivity contribution is 0.102. The van der Waals surface area contributed by atoms with Gasteiger partial charge in [-0.3, -0.25) is 10.1 Å². The molecule has 0 aliphatic carbocycles. The van der Waals surface area contributed by atoms with Crippen molar-refractivity contribution >= 4 is 45.1 Å². The number of rotatable bonds is 4. The highest BCUT2D eigenvalue weighted by atomic mass is 32.2. The number of carbonyl (C=O) groups excluding carboxylic acids is 1. The van der Waals surface area contributed by atoms with Crippen molar-refractivity contribution in [3.63, 3.8) is 0 Å². The van der Waals surface area contributed by atoms with Gasteiger partial charge in [-0.05, 0) is 42.7 Å². The SMILES string of the molecule is CSc1ccc(C(=O)Nc2nc(-c3cc4ccccc4oc3=O)cs2)cc1. The molecule has 2 heterocycles. The summed E-state index contributed by atoms with van der Waals surface area (Å²) >= 11 is 2.88. The summed E-state index contributed by atoms with van der Waals surface area (Å²) in [6.07, 6.45) is 1.98. The van der Waals surface area contributed by atoms with Gasteiger partial charge in [-0.1, -0.05) is 18.2 Å². The van der Waals surface area contributed by atoms with Gasteiger partial charge in [0.05, 0.1) is 11.3 Å². The summed E-state index contributed by atoms with van der Waals surface area (Å²) in [4.78, 5) is 30.1. The number of anilines is 1. The molecule has 7 heteroatoms. The molecule has 2 aromatic carbocycles. The van der Waals surface area contributed by atoms with Gasteiger partial charge < -0.3 is 4.42 Å². The molecule has 0 unspecified atom stereocenters. The van der Waals surface area contributed by atoms with E-state index in [1.807, 2.05) is 36.6 Å². The number of carbonyl (C=O) groups is 1. The minimum atomic E-state index is -0.454. The summed E-state index contributed by atoms with van der Waals surface area (Å²) in [6.45, 7) is 0. The number of fused-ring (bicyclic) bond motifs is 1. The van der Waals surface area contributed by atoms with Crippen molar-refractivity contribution in [1.29, 1.82) is 0 Å². The van der Waals surface area contributed by atoms with E-state index in [9.17, 15) is 9.59 Å². The number of thiazole rings is 1. The highest BCUT2D eigenvalue weighted by molar-refractivity contribution is 7.98. The summed E-state index contributed by atoms with van der Waals surface area (Å²) in [5, 5.41) is 5.75. The average molecular weight is 394 g/mol. The monoisotopic (exact) mass is 394 g/mol. The molecule has 0 bridgehead atoms. The largest absolute Gasteiger partial charge is 0.422 e. The number of hydrogen-bond acceptors (Lipinski definition) is 6. The van der Waals surface area contributed by atoms with Crippen LogP contribution < -0.4 is 10.9 Å². The van der Waals surface area contributed by atoms with Crippen LogP contribution in [0.4, 0.5) is 5.13 Å². The van der Waals surface area contributed by atoms with Gasteiger partial charge in [0.2, 0.25) is 0 Å². The van der Waals surface area contributed by atoms with Crippen molar-refractivity contribution in [2.45, 2.75) is 4.90 Å². The fourth-order valence-corrected chi connectivity index (χ4v) is 3.72. The van der Waals surface area contributed by atoms with Crippen molar-refractivity contribution in [1.82, 2.24) is 4.98 Å². The van der Waals surface area contributed by atoms with Gasteiger partial charge in [0.1, 0.15) is 5.58 Å². The van der Waals surface area contributed by atoms with Crippen LogP contribution in [-0.4, -0.2) is 17.1 Å². The second kappa shape index (κ2) is 7.38. The average Bonchev–Trinajstić information content (AvgIpc) is 3.15. The Morgan fingerprint density at radius 3 is 2.70 bits per heavy atom. The standard InChI is InChI=1S/C20H14N2O3S2/c1-26-14-8-6-12(7-9-14)18(23)22-20-21-16(11-27-20)15-10-13-4-2-3-5-17(13)25-19(15)24/h2-11H,1H3,(H,21,22,23). The third kappa shape index (κ3) is 3.65. The van der Waals surface area contributed by atoms with Crippen LogP contribution in [0.15, 0.2) is 74.1 Å². The molecule has 1 N–H and O–H groups in total. The molecule has 5 nitrogen and oxygen atoms in total. The fraction of sp³-hybridized carbons (Fsp3) is 0.0500. The second-order valence-electron chi connectivity index (χ2n) is 5.71. The number of hydrogen-bond donors (Lipinski definition) is 1. The summed E-state index contributed by atoms with van der Waals surface area (Å²) in [5.41, 5.74) is 1.48. The lowest BCUT2D eigenvalue weighted by Crippen LogP contribution is -2.11. The third-order valence-corrected chi connectivity index (χ3v) is 5.50. The molecule has 0 fully saturated rings. The maximum atomic E-state index is 12.4. The predicted octanol–water partition coefficient (Wildman–Crippen LogP) is 4.89. The van der Waals surface area contributed by atoms with E-state index in [1.54, 1.807) is 41.4 Å². The lowest BCUT2D eigenvalue weighted by atomic mass is 10.1. The topological polar surface area (TPSA) is 72.2 Å². The Hall–Kier alpha value is -2.90. The molecular formula is C20H14N2O3S2. The van der Waals surface area contributed by atoms with Crippen LogP contribution in [0.5, 0.6) is 0 Å². The van der Waals surface area contributed by atoms with Crippen LogP contribution in [0.1, 0.15) is 10.4 Å². The van der Waals surface area contributed by atoms with Crippen molar-refractivity contribution < 1.29 is 9.21 Å². The Labute approximate surface area is 163 Å². The van der Waals surface area contributed by atoms with Crippen LogP contribution in [-0.2, 0) is 0 Å². The first-order valence-corrected chi connectivity index (χ1v) is 10.2. The van der Waals surface area contributed by atoms with E-state index in [4.69, 9.17) is 4.42 Å². The summed E-state index contributed by atoms with van der Waals surface area (Å²) < 4.78 is 5.35. The molecule has 0 atom stereocenters. The predicted molar refractivity (Wildman–Crippen MR) is 110 cm³/mol. The van der Waals surface area contributed by atoms with Gasteiger partial charge >= 0.3 is 5.63 Å². The Bertz CT molecular complexity index is 1180. The quantitative estimate of drug-likeness (QED) is 0.394. The zero-order valence-electron chi connectivity index (χ0n) is 14.3. The molecule has 0 spiro atoms.